The van der Waals surface area contributed by atoms with E-state index >= 15 is 0 Å². The van der Waals surface area contributed by atoms with Gasteiger partial charge in [-0.25, -0.2) is 4.98 Å². The maximum absolute atomic E-state index is 13.7. The third-order valence-electron chi connectivity index (χ3n) is 5.10. The standard InChI is InChI=1S/C24H23ClF3N3O4/c1-13(2)21(32)16-6-7-19(20(22(16)33)24(26,27)28)35-11-14-4-5-15(17(25)8-14)9-29-23(34)18-10-31(3)12-30-18/h4-8,10,12-13,33H,9,11H2,1-3H3,(H,29,34). The molecule has 1 aromatic heterocycles. The molecule has 0 unspecified atom stereocenters. The van der Waals surface area contributed by atoms with Crippen LogP contribution in [0.5, 0.6) is 11.5 Å². The summed E-state index contributed by atoms with van der Waals surface area (Å²) in [4.78, 5) is 28.3. The van der Waals surface area contributed by atoms with Crippen molar-refractivity contribution in [1.82, 2.24) is 14.9 Å². The van der Waals surface area contributed by atoms with Gasteiger partial charge >= 0.3 is 6.18 Å². The molecule has 0 aliphatic carbocycles. The molecule has 0 saturated heterocycles. The SMILES string of the molecule is CC(C)C(=O)c1ccc(OCc2ccc(CNC(=O)c3cn(C)cn3)c(Cl)c2)c(C(F)(F)F)c1O. The first kappa shape index (κ1) is 26.1. The molecule has 2 N–H and O–H groups in total. The lowest BCUT2D eigenvalue weighted by molar-refractivity contribution is -0.140. The number of rotatable bonds is 8. The van der Waals surface area contributed by atoms with Crippen LogP contribution in [0, 0.1) is 5.92 Å². The topological polar surface area (TPSA) is 93.5 Å². The van der Waals surface area contributed by atoms with Crippen molar-refractivity contribution in [2.45, 2.75) is 33.2 Å². The van der Waals surface area contributed by atoms with Crippen molar-refractivity contribution in [3.8, 4) is 11.5 Å². The molecule has 0 saturated carbocycles. The lowest BCUT2D eigenvalue weighted by Crippen LogP contribution is -2.23. The highest BCUT2D eigenvalue weighted by Gasteiger charge is 2.40. The molecular formula is C24H23ClF3N3O4. The molecule has 35 heavy (non-hydrogen) atoms. The number of nitrogens with zero attached hydrogens (tertiary/aromatic N) is 2. The van der Waals surface area contributed by atoms with Crippen LogP contribution in [0.3, 0.4) is 0 Å². The van der Waals surface area contributed by atoms with Crippen LogP contribution < -0.4 is 10.1 Å². The van der Waals surface area contributed by atoms with Crippen molar-refractivity contribution in [2.75, 3.05) is 0 Å². The molecule has 1 heterocycles. The molecule has 0 bridgehead atoms. The van der Waals surface area contributed by atoms with Gasteiger partial charge in [0.1, 0.15) is 29.4 Å². The Bertz CT molecular complexity index is 1260. The fourth-order valence-corrected chi connectivity index (χ4v) is 3.53. The van der Waals surface area contributed by atoms with Crippen molar-refractivity contribution in [3.05, 3.63) is 75.8 Å². The number of imidazole rings is 1. The predicted octanol–water partition coefficient (Wildman–Crippen LogP) is 5.15. The zero-order valence-corrected chi connectivity index (χ0v) is 19.9. The van der Waals surface area contributed by atoms with Crippen molar-refractivity contribution in [3.63, 3.8) is 0 Å². The first-order valence-electron chi connectivity index (χ1n) is 10.5. The molecule has 186 valence electrons. The Morgan fingerprint density at radius 3 is 2.51 bits per heavy atom. The van der Waals surface area contributed by atoms with E-state index in [-0.39, 0.29) is 29.8 Å². The van der Waals surface area contributed by atoms with E-state index in [1.165, 1.54) is 26.2 Å². The Balaban J connectivity index is 1.73. The van der Waals surface area contributed by atoms with Gasteiger partial charge in [-0.3, -0.25) is 9.59 Å². The number of phenols is 1. The highest BCUT2D eigenvalue weighted by atomic mass is 35.5. The van der Waals surface area contributed by atoms with Crippen molar-refractivity contribution < 1.29 is 32.6 Å². The number of phenolic OH excluding ortho intramolecular Hbond substituents is 1. The second-order valence-corrected chi connectivity index (χ2v) is 8.58. The maximum atomic E-state index is 13.7. The minimum atomic E-state index is -4.94. The number of Topliss-reactive ketones (excluding diaryl/α,β-unsaturated/α-hetero) is 1. The predicted molar refractivity (Wildman–Crippen MR) is 122 cm³/mol. The van der Waals surface area contributed by atoms with Crippen LogP contribution in [0.4, 0.5) is 13.2 Å². The van der Waals surface area contributed by atoms with Gasteiger partial charge in [0, 0.05) is 30.7 Å². The summed E-state index contributed by atoms with van der Waals surface area (Å²) in [6.07, 6.45) is -1.88. The quantitative estimate of drug-likeness (QED) is 0.410. The number of hydrogen-bond donors (Lipinski definition) is 2. The van der Waals surface area contributed by atoms with E-state index < -0.39 is 40.5 Å². The minimum absolute atomic E-state index is 0.118. The number of benzene rings is 2. The first-order valence-corrected chi connectivity index (χ1v) is 10.9. The summed E-state index contributed by atoms with van der Waals surface area (Å²) in [6, 6.07) is 6.85. The van der Waals surface area contributed by atoms with E-state index in [4.69, 9.17) is 16.3 Å². The Morgan fingerprint density at radius 1 is 1.23 bits per heavy atom. The van der Waals surface area contributed by atoms with E-state index in [0.29, 0.717) is 11.1 Å². The van der Waals surface area contributed by atoms with Crippen LogP contribution in [0.15, 0.2) is 42.9 Å². The van der Waals surface area contributed by atoms with Gasteiger partial charge in [0.05, 0.1) is 11.9 Å². The Labute approximate surface area is 204 Å². The molecular weight excluding hydrogens is 487 g/mol. The molecule has 0 radical (unpaired) electrons. The molecule has 3 aromatic rings. The number of carbonyl (C=O) groups is 2. The third kappa shape index (κ3) is 6.13. The molecule has 11 heteroatoms. The van der Waals surface area contributed by atoms with E-state index in [2.05, 4.69) is 10.3 Å². The summed E-state index contributed by atoms with van der Waals surface area (Å²) in [7, 11) is 1.74. The molecule has 0 spiro atoms. The molecule has 7 nitrogen and oxygen atoms in total. The average Bonchev–Trinajstić information content (AvgIpc) is 3.21. The summed E-state index contributed by atoms with van der Waals surface area (Å²) < 4.78 is 48.0. The number of halogens is 4. The smallest absolute Gasteiger partial charge is 0.423 e. The number of aryl methyl sites for hydroxylation is 1. The van der Waals surface area contributed by atoms with Crippen LogP contribution in [0.2, 0.25) is 5.02 Å². The van der Waals surface area contributed by atoms with Crippen LogP contribution in [-0.2, 0) is 26.4 Å². The number of ether oxygens (including phenoxy) is 1. The van der Waals surface area contributed by atoms with E-state index in [1.54, 1.807) is 29.9 Å². The second-order valence-electron chi connectivity index (χ2n) is 8.17. The van der Waals surface area contributed by atoms with Crippen LogP contribution in [0.25, 0.3) is 0 Å². The second kappa shape index (κ2) is 10.4. The first-order chi connectivity index (χ1) is 16.4. The molecule has 2 aromatic carbocycles. The highest BCUT2D eigenvalue weighted by Crippen LogP contribution is 2.44. The largest absolute Gasteiger partial charge is 0.506 e. The highest BCUT2D eigenvalue weighted by molar-refractivity contribution is 6.31. The van der Waals surface area contributed by atoms with Crippen LogP contribution in [0.1, 0.15) is 51.4 Å². The zero-order chi connectivity index (χ0) is 25.9. The van der Waals surface area contributed by atoms with Gasteiger partial charge in [-0.05, 0) is 29.3 Å². The van der Waals surface area contributed by atoms with E-state index in [0.717, 1.165) is 12.1 Å². The summed E-state index contributed by atoms with van der Waals surface area (Å²) in [5.74, 6) is -3.36. The summed E-state index contributed by atoms with van der Waals surface area (Å²) >= 11 is 6.27. The number of nitrogens with one attached hydrogen (secondary N) is 1. The van der Waals surface area contributed by atoms with Gasteiger partial charge in [-0.15, -0.1) is 0 Å². The monoisotopic (exact) mass is 509 g/mol. The molecule has 0 atom stereocenters. The lowest BCUT2D eigenvalue weighted by atomic mass is 9.97. The third-order valence-corrected chi connectivity index (χ3v) is 5.45. The maximum Gasteiger partial charge on any atom is 0.423 e. The number of carbonyl (C=O) groups excluding carboxylic acids is 2. The van der Waals surface area contributed by atoms with Gasteiger partial charge in [0.25, 0.3) is 5.91 Å². The van der Waals surface area contributed by atoms with E-state index in [9.17, 15) is 27.9 Å². The van der Waals surface area contributed by atoms with Crippen molar-refractivity contribution >= 4 is 23.3 Å². The number of hydrogen-bond acceptors (Lipinski definition) is 5. The normalized spacial score (nSPS) is 11.5. The van der Waals surface area contributed by atoms with Gasteiger partial charge < -0.3 is 19.7 Å². The molecule has 0 aliphatic rings. The van der Waals surface area contributed by atoms with Crippen LogP contribution in [-0.4, -0.2) is 26.3 Å². The number of ketones is 1. The number of aromatic nitrogens is 2. The summed E-state index contributed by atoms with van der Waals surface area (Å²) in [5.41, 5.74) is -0.531. The van der Waals surface area contributed by atoms with Gasteiger partial charge in [0.15, 0.2) is 5.78 Å². The zero-order valence-electron chi connectivity index (χ0n) is 19.1. The molecule has 1 amide bonds. The van der Waals surface area contributed by atoms with E-state index in [1.807, 2.05) is 0 Å². The summed E-state index contributed by atoms with van der Waals surface area (Å²) in [6.45, 7) is 2.89. The molecule has 0 aliphatic heterocycles. The lowest BCUT2D eigenvalue weighted by Gasteiger charge is -2.18. The molecule has 3 rings (SSSR count). The summed E-state index contributed by atoms with van der Waals surface area (Å²) in [5, 5.41) is 13.2. The minimum Gasteiger partial charge on any atom is -0.506 e. The Kier molecular flexibility index (Phi) is 7.74. The van der Waals surface area contributed by atoms with Crippen molar-refractivity contribution in [2.24, 2.45) is 13.0 Å². The van der Waals surface area contributed by atoms with Crippen molar-refractivity contribution in [1.29, 1.82) is 0 Å². The Hall–Kier alpha value is -3.53. The number of alkyl halides is 3. The fourth-order valence-electron chi connectivity index (χ4n) is 3.26. The Morgan fingerprint density at radius 2 is 1.94 bits per heavy atom. The molecule has 0 fully saturated rings. The number of amides is 1. The number of aromatic hydroxyl groups is 1. The van der Waals surface area contributed by atoms with Crippen LogP contribution >= 0.6 is 11.6 Å². The van der Waals surface area contributed by atoms with Gasteiger partial charge in [-0.1, -0.05) is 37.6 Å². The average molecular weight is 510 g/mol. The fraction of sp³-hybridized carbons (Fsp3) is 0.292. The van der Waals surface area contributed by atoms with Gasteiger partial charge in [-0.2, -0.15) is 13.2 Å². The van der Waals surface area contributed by atoms with Gasteiger partial charge in [0.2, 0.25) is 0 Å².